The molecule has 2 aromatic rings. The van der Waals surface area contributed by atoms with Crippen molar-refractivity contribution in [3.8, 4) is 0 Å². The van der Waals surface area contributed by atoms with Crippen molar-refractivity contribution in [2.75, 3.05) is 0 Å². The van der Waals surface area contributed by atoms with Crippen LogP contribution in [0.15, 0.2) is 34.8 Å². The third-order valence-corrected chi connectivity index (χ3v) is 5.12. The van der Waals surface area contributed by atoms with Crippen LogP contribution in [0.4, 0.5) is 4.39 Å². The molecule has 2 rings (SSSR count). The average Bonchev–Trinajstić information content (AvgIpc) is 2.67. The van der Waals surface area contributed by atoms with Crippen LogP contribution in [-0.4, -0.2) is 0 Å². The van der Waals surface area contributed by atoms with Gasteiger partial charge in [0.05, 0.1) is 0 Å². The molecule has 0 bridgehead atoms. The quantitative estimate of drug-likeness (QED) is 0.805. The summed E-state index contributed by atoms with van der Waals surface area (Å²) in [5.74, 6) is -0.208. The van der Waals surface area contributed by atoms with Gasteiger partial charge in [-0.2, -0.15) is 0 Å². The second kappa shape index (κ2) is 6.15. The van der Waals surface area contributed by atoms with E-state index >= 15 is 0 Å². The molecule has 1 N–H and O–H groups in total. The lowest BCUT2D eigenvalue weighted by Crippen LogP contribution is -2.17. The number of nitrogens with one attached hydrogen (secondary N) is 1. The first kappa shape index (κ1) is 14.0. The van der Waals surface area contributed by atoms with Gasteiger partial charge < -0.3 is 5.32 Å². The fourth-order valence-corrected chi connectivity index (χ4v) is 3.34. The van der Waals surface area contributed by atoms with E-state index in [-0.39, 0.29) is 11.9 Å². The largest absolute Gasteiger partial charge is 0.305 e. The Morgan fingerprint density at radius 3 is 2.61 bits per heavy atom. The summed E-state index contributed by atoms with van der Waals surface area (Å²) in [5, 5.41) is 3.38. The minimum atomic E-state index is -0.208. The highest BCUT2D eigenvalue weighted by molar-refractivity contribution is 9.10. The van der Waals surface area contributed by atoms with Crippen molar-refractivity contribution in [1.29, 1.82) is 0 Å². The fraction of sp³-hybridized carbons (Fsp3) is 0.231. The summed E-state index contributed by atoms with van der Waals surface area (Å²) in [6, 6.07) is 8.73. The third kappa shape index (κ3) is 3.54. The molecule has 96 valence electrons. The summed E-state index contributed by atoms with van der Waals surface area (Å²) in [4.78, 5) is 1.17. The van der Waals surface area contributed by atoms with Gasteiger partial charge in [0.15, 0.2) is 0 Å². The molecule has 0 saturated heterocycles. The Bertz CT molecular complexity index is 507. The van der Waals surface area contributed by atoms with Crippen molar-refractivity contribution in [3.63, 3.8) is 0 Å². The first-order valence-electron chi connectivity index (χ1n) is 5.49. The summed E-state index contributed by atoms with van der Waals surface area (Å²) in [6.45, 7) is 2.80. The van der Waals surface area contributed by atoms with Crippen LogP contribution in [0.3, 0.4) is 0 Å². The number of hydrogen-bond acceptors (Lipinski definition) is 2. The van der Waals surface area contributed by atoms with Gasteiger partial charge in [0, 0.05) is 21.9 Å². The normalized spacial score (nSPS) is 12.7. The molecule has 0 saturated carbocycles. The number of halogens is 3. The van der Waals surface area contributed by atoms with Crippen molar-refractivity contribution in [2.24, 2.45) is 0 Å². The summed E-state index contributed by atoms with van der Waals surface area (Å²) in [6.07, 6.45) is 0. The van der Waals surface area contributed by atoms with Crippen molar-refractivity contribution in [3.05, 3.63) is 55.4 Å². The lowest BCUT2D eigenvalue weighted by atomic mass is 10.1. The molecule has 18 heavy (non-hydrogen) atoms. The standard InChI is InChI=1S/C13H12BrClFNS/c1-8(9-2-4-10(16)5-3-9)17-7-11-6-12(14)13(15)18-11/h2-6,8,17H,7H2,1H3/t8-/m1/s1. The van der Waals surface area contributed by atoms with Gasteiger partial charge in [-0.15, -0.1) is 11.3 Å². The molecule has 0 fully saturated rings. The molecule has 0 unspecified atom stereocenters. The smallest absolute Gasteiger partial charge is 0.123 e. The van der Waals surface area contributed by atoms with Crippen LogP contribution in [0.25, 0.3) is 0 Å². The van der Waals surface area contributed by atoms with Gasteiger partial charge in [-0.25, -0.2) is 4.39 Å². The van der Waals surface area contributed by atoms with Crippen LogP contribution in [0, 0.1) is 5.82 Å². The highest BCUT2D eigenvalue weighted by Crippen LogP contribution is 2.32. The Kier molecular flexibility index (Phi) is 4.78. The second-order valence-corrected chi connectivity index (χ2v) is 6.58. The van der Waals surface area contributed by atoms with Gasteiger partial charge in [0.2, 0.25) is 0 Å². The second-order valence-electron chi connectivity index (χ2n) is 3.99. The molecule has 5 heteroatoms. The summed E-state index contributed by atoms with van der Waals surface area (Å²) in [5.41, 5.74) is 1.07. The Balaban J connectivity index is 1.95. The molecule has 1 heterocycles. The van der Waals surface area contributed by atoms with E-state index in [0.717, 1.165) is 20.9 Å². The van der Waals surface area contributed by atoms with E-state index < -0.39 is 0 Å². The highest BCUT2D eigenvalue weighted by atomic mass is 79.9. The summed E-state index contributed by atoms with van der Waals surface area (Å²) in [7, 11) is 0. The maximum atomic E-state index is 12.8. The molecule has 1 aromatic carbocycles. The van der Waals surface area contributed by atoms with Crippen LogP contribution >= 0.6 is 38.9 Å². The van der Waals surface area contributed by atoms with Gasteiger partial charge in [-0.3, -0.25) is 0 Å². The predicted octanol–water partition coefficient (Wildman–Crippen LogP) is 5.15. The SMILES string of the molecule is C[C@@H](NCc1cc(Br)c(Cl)s1)c1ccc(F)cc1. The molecule has 0 aliphatic rings. The van der Waals surface area contributed by atoms with E-state index in [1.165, 1.54) is 17.0 Å². The van der Waals surface area contributed by atoms with E-state index in [2.05, 4.69) is 28.2 Å². The number of thiophene rings is 1. The van der Waals surface area contributed by atoms with Crippen molar-refractivity contribution in [2.45, 2.75) is 19.5 Å². The summed E-state index contributed by atoms with van der Waals surface area (Å²) < 4.78 is 14.5. The van der Waals surface area contributed by atoms with Gasteiger partial charge in [-0.1, -0.05) is 23.7 Å². The van der Waals surface area contributed by atoms with Crippen LogP contribution in [0.5, 0.6) is 0 Å². The molecular formula is C13H12BrClFNS. The lowest BCUT2D eigenvalue weighted by Gasteiger charge is -2.13. The molecule has 1 aromatic heterocycles. The van der Waals surface area contributed by atoms with Crippen molar-refractivity contribution < 1.29 is 4.39 Å². The maximum absolute atomic E-state index is 12.8. The first-order chi connectivity index (χ1) is 8.56. The fourth-order valence-electron chi connectivity index (χ4n) is 1.60. The maximum Gasteiger partial charge on any atom is 0.123 e. The van der Waals surface area contributed by atoms with Crippen LogP contribution < -0.4 is 5.32 Å². The minimum Gasteiger partial charge on any atom is -0.305 e. The highest BCUT2D eigenvalue weighted by Gasteiger charge is 2.08. The van der Waals surface area contributed by atoms with E-state index in [0.29, 0.717) is 0 Å². The van der Waals surface area contributed by atoms with Crippen molar-refractivity contribution in [1.82, 2.24) is 5.32 Å². The van der Waals surface area contributed by atoms with Crippen LogP contribution in [-0.2, 0) is 6.54 Å². The monoisotopic (exact) mass is 347 g/mol. The third-order valence-electron chi connectivity index (χ3n) is 2.65. The van der Waals surface area contributed by atoms with Crippen molar-refractivity contribution >= 4 is 38.9 Å². The molecule has 0 aliphatic heterocycles. The Morgan fingerprint density at radius 2 is 2.06 bits per heavy atom. The predicted molar refractivity (Wildman–Crippen MR) is 78.7 cm³/mol. The molecule has 1 atom stereocenters. The topological polar surface area (TPSA) is 12.0 Å². The Hall–Kier alpha value is -0.420. The molecule has 0 aliphatic carbocycles. The summed E-state index contributed by atoms with van der Waals surface area (Å²) >= 11 is 10.9. The Labute approximate surface area is 123 Å². The van der Waals surface area contributed by atoms with Crippen LogP contribution in [0.1, 0.15) is 23.4 Å². The van der Waals surface area contributed by atoms with E-state index in [4.69, 9.17) is 11.6 Å². The van der Waals surface area contributed by atoms with E-state index in [1.807, 2.05) is 6.07 Å². The van der Waals surface area contributed by atoms with Gasteiger partial charge in [0.1, 0.15) is 10.2 Å². The lowest BCUT2D eigenvalue weighted by molar-refractivity contribution is 0.575. The number of hydrogen-bond donors (Lipinski definition) is 1. The van der Waals surface area contributed by atoms with Gasteiger partial charge >= 0.3 is 0 Å². The average molecular weight is 349 g/mol. The molecular weight excluding hydrogens is 337 g/mol. The zero-order chi connectivity index (χ0) is 13.1. The number of benzene rings is 1. The van der Waals surface area contributed by atoms with Gasteiger partial charge in [0.25, 0.3) is 0 Å². The van der Waals surface area contributed by atoms with Crippen LogP contribution in [0.2, 0.25) is 4.34 Å². The van der Waals surface area contributed by atoms with E-state index in [9.17, 15) is 4.39 Å². The van der Waals surface area contributed by atoms with Gasteiger partial charge in [-0.05, 0) is 46.6 Å². The molecule has 0 amide bonds. The first-order valence-corrected chi connectivity index (χ1v) is 7.47. The zero-order valence-electron chi connectivity index (χ0n) is 9.71. The minimum absolute atomic E-state index is 0.172. The van der Waals surface area contributed by atoms with E-state index in [1.54, 1.807) is 23.5 Å². The molecule has 0 radical (unpaired) electrons. The molecule has 0 spiro atoms. The zero-order valence-corrected chi connectivity index (χ0v) is 12.9. The Morgan fingerprint density at radius 1 is 1.39 bits per heavy atom. The number of rotatable bonds is 4. The molecule has 1 nitrogen and oxygen atoms in total.